The maximum absolute atomic E-state index is 12.3. The topological polar surface area (TPSA) is 76.7 Å². The molecule has 2 amide bonds. The number of hydrogen-bond acceptors (Lipinski definition) is 4. The van der Waals surface area contributed by atoms with Crippen LogP contribution in [0, 0.1) is 5.92 Å². The van der Waals surface area contributed by atoms with E-state index in [4.69, 9.17) is 9.47 Å². The molecule has 0 atom stereocenters. The molecule has 0 unspecified atom stereocenters. The number of ether oxygens (including phenoxy) is 2. The fourth-order valence-corrected chi connectivity index (χ4v) is 2.96. The van der Waals surface area contributed by atoms with Crippen LogP contribution in [-0.2, 0) is 11.3 Å². The minimum atomic E-state index is -0.167. The third-order valence-corrected chi connectivity index (χ3v) is 4.78. The van der Waals surface area contributed by atoms with Gasteiger partial charge in [0.15, 0.2) is 11.5 Å². The standard InChI is InChI=1S/C20H20N2O4/c23-19(21-11-13-4-9-17-18(10-13)26-12-25-17)15-5-7-16(8-6-15)22-20(24)14-2-1-3-14/h4-10,14H,1-3,11-12H2,(H,21,23)(H,22,24). The number of rotatable bonds is 5. The Hall–Kier alpha value is -3.02. The zero-order valence-corrected chi connectivity index (χ0v) is 14.3. The van der Waals surface area contributed by atoms with Crippen LogP contribution in [0.4, 0.5) is 5.69 Å². The van der Waals surface area contributed by atoms with Gasteiger partial charge in [-0.05, 0) is 54.8 Å². The van der Waals surface area contributed by atoms with Crippen LogP contribution in [0.15, 0.2) is 42.5 Å². The van der Waals surface area contributed by atoms with Gasteiger partial charge in [0.2, 0.25) is 12.7 Å². The van der Waals surface area contributed by atoms with Crippen LogP contribution in [-0.4, -0.2) is 18.6 Å². The molecule has 1 aliphatic carbocycles. The maximum atomic E-state index is 12.3. The second-order valence-electron chi connectivity index (χ2n) is 6.56. The lowest BCUT2D eigenvalue weighted by atomic mass is 9.85. The van der Waals surface area contributed by atoms with Gasteiger partial charge in [0.05, 0.1) is 0 Å². The number of nitrogens with one attached hydrogen (secondary N) is 2. The second kappa shape index (κ2) is 7.07. The number of hydrogen-bond donors (Lipinski definition) is 2. The van der Waals surface area contributed by atoms with E-state index in [1.54, 1.807) is 24.3 Å². The molecule has 0 radical (unpaired) electrons. The number of amides is 2. The lowest BCUT2D eigenvalue weighted by molar-refractivity contribution is -0.122. The summed E-state index contributed by atoms with van der Waals surface area (Å²) < 4.78 is 10.6. The smallest absolute Gasteiger partial charge is 0.251 e. The average Bonchev–Trinajstić information content (AvgIpc) is 3.06. The van der Waals surface area contributed by atoms with Crippen LogP contribution < -0.4 is 20.1 Å². The van der Waals surface area contributed by atoms with Gasteiger partial charge in [0.25, 0.3) is 5.91 Å². The first-order chi connectivity index (χ1) is 12.7. The Bertz CT molecular complexity index is 828. The fourth-order valence-electron chi connectivity index (χ4n) is 2.96. The van der Waals surface area contributed by atoms with Gasteiger partial charge >= 0.3 is 0 Å². The molecule has 6 nitrogen and oxygen atoms in total. The van der Waals surface area contributed by atoms with Crippen molar-refractivity contribution in [3.63, 3.8) is 0 Å². The van der Waals surface area contributed by atoms with E-state index in [1.807, 2.05) is 18.2 Å². The quantitative estimate of drug-likeness (QED) is 0.867. The largest absolute Gasteiger partial charge is 0.454 e. The summed E-state index contributed by atoms with van der Waals surface area (Å²) in [4.78, 5) is 24.2. The zero-order valence-electron chi connectivity index (χ0n) is 14.3. The molecule has 4 rings (SSSR count). The molecule has 2 aliphatic rings. The minimum Gasteiger partial charge on any atom is -0.454 e. The minimum absolute atomic E-state index is 0.0660. The molecular weight excluding hydrogens is 332 g/mol. The van der Waals surface area contributed by atoms with Crippen LogP contribution in [0.3, 0.4) is 0 Å². The van der Waals surface area contributed by atoms with Crippen LogP contribution in [0.25, 0.3) is 0 Å². The highest BCUT2D eigenvalue weighted by Crippen LogP contribution is 2.32. The van der Waals surface area contributed by atoms with Gasteiger partial charge in [-0.1, -0.05) is 12.5 Å². The lowest BCUT2D eigenvalue weighted by Gasteiger charge is -2.24. The lowest BCUT2D eigenvalue weighted by Crippen LogP contribution is -2.28. The summed E-state index contributed by atoms with van der Waals surface area (Å²) in [7, 11) is 0. The van der Waals surface area contributed by atoms with E-state index in [1.165, 1.54) is 0 Å². The molecular formula is C20H20N2O4. The highest BCUT2D eigenvalue weighted by molar-refractivity contribution is 5.96. The van der Waals surface area contributed by atoms with Crippen molar-refractivity contribution in [3.05, 3.63) is 53.6 Å². The molecule has 1 saturated carbocycles. The normalized spacial score (nSPS) is 15.2. The molecule has 1 fully saturated rings. The Balaban J connectivity index is 1.32. The van der Waals surface area contributed by atoms with Crippen molar-refractivity contribution in [2.75, 3.05) is 12.1 Å². The van der Waals surface area contributed by atoms with Crippen LogP contribution in [0.1, 0.15) is 35.2 Å². The monoisotopic (exact) mass is 352 g/mol. The van der Waals surface area contributed by atoms with Gasteiger partial charge in [0.1, 0.15) is 0 Å². The Morgan fingerprint density at radius 2 is 1.77 bits per heavy atom. The first-order valence-electron chi connectivity index (χ1n) is 8.77. The van der Waals surface area contributed by atoms with Gasteiger partial charge in [-0.3, -0.25) is 9.59 Å². The van der Waals surface area contributed by atoms with Crippen molar-refractivity contribution in [1.29, 1.82) is 0 Å². The first-order valence-corrected chi connectivity index (χ1v) is 8.77. The van der Waals surface area contributed by atoms with Crippen molar-refractivity contribution in [2.24, 2.45) is 5.92 Å². The molecule has 2 N–H and O–H groups in total. The van der Waals surface area contributed by atoms with Crippen LogP contribution in [0.5, 0.6) is 11.5 Å². The molecule has 134 valence electrons. The van der Waals surface area contributed by atoms with E-state index in [2.05, 4.69) is 10.6 Å². The number of anilines is 1. The second-order valence-corrected chi connectivity index (χ2v) is 6.56. The van der Waals surface area contributed by atoms with E-state index >= 15 is 0 Å². The van der Waals surface area contributed by atoms with Gasteiger partial charge in [-0.2, -0.15) is 0 Å². The van der Waals surface area contributed by atoms with E-state index in [0.717, 1.165) is 30.6 Å². The average molecular weight is 352 g/mol. The highest BCUT2D eigenvalue weighted by Gasteiger charge is 2.25. The summed E-state index contributed by atoms with van der Waals surface area (Å²) in [6.45, 7) is 0.629. The molecule has 0 spiro atoms. The number of benzene rings is 2. The first kappa shape index (κ1) is 16.4. The fraction of sp³-hybridized carbons (Fsp3) is 0.300. The Morgan fingerprint density at radius 3 is 2.50 bits per heavy atom. The van der Waals surface area contributed by atoms with Gasteiger partial charge in [-0.15, -0.1) is 0 Å². The molecule has 0 aromatic heterocycles. The third-order valence-electron chi connectivity index (χ3n) is 4.78. The van der Waals surface area contributed by atoms with Crippen molar-refractivity contribution in [1.82, 2.24) is 5.32 Å². The van der Waals surface area contributed by atoms with Gasteiger partial charge in [0, 0.05) is 23.7 Å². The predicted molar refractivity (Wildman–Crippen MR) is 96.1 cm³/mol. The number of fused-ring (bicyclic) bond motifs is 1. The third kappa shape index (κ3) is 3.49. The van der Waals surface area contributed by atoms with E-state index in [0.29, 0.717) is 23.5 Å². The number of carbonyl (C=O) groups excluding carboxylic acids is 2. The Morgan fingerprint density at radius 1 is 1.00 bits per heavy atom. The summed E-state index contributed by atoms with van der Waals surface area (Å²) in [5.41, 5.74) is 2.20. The van der Waals surface area contributed by atoms with Gasteiger partial charge < -0.3 is 20.1 Å². The molecule has 0 bridgehead atoms. The van der Waals surface area contributed by atoms with Crippen LogP contribution >= 0.6 is 0 Å². The van der Waals surface area contributed by atoms with Crippen molar-refractivity contribution >= 4 is 17.5 Å². The molecule has 26 heavy (non-hydrogen) atoms. The zero-order chi connectivity index (χ0) is 17.9. The summed E-state index contributed by atoms with van der Waals surface area (Å²) in [5.74, 6) is 1.46. The van der Waals surface area contributed by atoms with Crippen molar-refractivity contribution < 1.29 is 19.1 Å². The number of carbonyl (C=O) groups is 2. The summed E-state index contributed by atoms with van der Waals surface area (Å²) >= 11 is 0. The molecule has 0 saturated heterocycles. The van der Waals surface area contributed by atoms with Crippen LogP contribution in [0.2, 0.25) is 0 Å². The molecule has 6 heteroatoms. The predicted octanol–water partition coefficient (Wildman–Crippen LogP) is 3.08. The molecule has 1 aliphatic heterocycles. The SMILES string of the molecule is O=C(NCc1ccc2c(c1)OCO2)c1ccc(NC(=O)C2CCC2)cc1. The maximum Gasteiger partial charge on any atom is 0.251 e. The Kier molecular flexibility index (Phi) is 4.48. The van der Waals surface area contributed by atoms with E-state index < -0.39 is 0 Å². The van der Waals surface area contributed by atoms with Crippen molar-refractivity contribution in [2.45, 2.75) is 25.8 Å². The molecule has 2 aromatic rings. The summed E-state index contributed by atoms with van der Waals surface area (Å²) in [6, 6.07) is 12.5. The molecule has 1 heterocycles. The summed E-state index contributed by atoms with van der Waals surface area (Å²) in [6.07, 6.45) is 3.05. The van der Waals surface area contributed by atoms with Crippen molar-refractivity contribution in [3.8, 4) is 11.5 Å². The Labute approximate surface area is 151 Å². The van der Waals surface area contributed by atoms with E-state index in [9.17, 15) is 9.59 Å². The summed E-state index contributed by atoms with van der Waals surface area (Å²) in [5, 5.41) is 5.78. The van der Waals surface area contributed by atoms with E-state index in [-0.39, 0.29) is 24.5 Å². The molecule has 2 aromatic carbocycles. The highest BCUT2D eigenvalue weighted by atomic mass is 16.7. The van der Waals surface area contributed by atoms with Gasteiger partial charge in [-0.25, -0.2) is 0 Å².